The van der Waals surface area contributed by atoms with Crippen LogP contribution in [0, 0.1) is 0 Å². The Morgan fingerprint density at radius 1 is 1.38 bits per heavy atom. The fourth-order valence-corrected chi connectivity index (χ4v) is 3.49. The first-order valence-corrected chi connectivity index (χ1v) is 7.72. The third-order valence-corrected chi connectivity index (χ3v) is 4.64. The average molecular weight is 303 g/mol. The summed E-state index contributed by atoms with van der Waals surface area (Å²) in [5, 5.41) is 3.50. The van der Waals surface area contributed by atoms with Gasteiger partial charge < -0.3 is 10.5 Å². The molecule has 0 atom stereocenters. The van der Waals surface area contributed by atoms with Crippen molar-refractivity contribution in [1.82, 2.24) is 4.98 Å². The Morgan fingerprint density at radius 3 is 2.90 bits per heavy atom. The molecule has 21 heavy (non-hydrogen) atoms. The summed E-state index contributed by atoms with van der Waals surface area (Å²) in [6, 6.07) is 5.02. The molecule has 1 heterocycles. The second-order valence-corrected chi connectivity index (χ2v) is 6.09. The minimum atomic E-state index is -0.235. The molecule has 0 aliphatic heterocycles. The van der Waals surface area contributed by atoms with Gasteiger partial charge in [-0.05, 0) is 37.8 Å². The molecule has 1 aliphatic carbocycles. The maximum absolute atomic E-state index is 12.3. The second-order valence-electron chi connectivity index (χ2n) is 5.00. The van der Waals surface area contributed by atoms with E-state index in [1.807, 2.05) is 0 Å². The molecular formula is C15H17N3O2S. The van der Waals surface area contributed by atoms with Gasteiger partial charge in [-0.2, -0.15) is 0 Å². The maximum atomic E-state index is 12.3. The van der Waals surface area contributed by atoms with Crippen LogP contribution in [0.1, 0.15) is 33.8 Å². The van der Waals surface area contributed by atoms with E-state index < -0.39 is 0 Å². The molecule has 0 bridgehead atoms. The SMILES string of the molecule is COc1ccc(C(=O)Nc2nc3c(s2)CCCC3)c(N)c1. The average Bonchev–Trinajstić information content (AvgIpc) is 2.88. The topological polar surface area (TPSA) is 77.2 Å². The van der Waals surface area contributed by atoms with Crippen LogP contribution in [-0.4, -0.2) is 18.0 Å². The first-order chi connectivity index (χ1) is 10.2. The van der Waals surface area contributed by atoms with Gasteiger partial charge in [-0.25, -0.2) is 4.98 Å². The monoisotopic (exact) mass is 303 g/mol. The molecule has 0 spiro atoms. The van der Waals surface area contributed by atoms with Gasteiger partial charge in [0, 0.05) is 16.6 Å². The number of anilines is 2. The van der Waals surface area contributed by atoms with Gasteiger partial charge >= 0.3 is 0 Å². The molecule has 3 N–H and O–H groups in total. The molecule has 0 radical (unpaired) electrons. The van der Waals surface area contributed by atoms with Crippen molar-refractivity contribution in [2.75, 3.05) is 18.2 Å². The van der Waals surface area contributed by atoms with E-state index in [9.17, 15) is 4.79 Å². The van der Waals surface area contributed by atoms with Crippen LogP contribution in [0.5, 0.6) is 5.75 Å². The lowest BCUT2D eigenvalue weighted by Crippen LogP contribution is -2.14. The molecule has 0 unspecified atom stereocenters. The summed E-state index contributed by atoms with van der Waals surface area (Å²) in [7, 11) is 1.56. The normalized spacial score (nSPS) is 13.6. The highest BCUT2D eigenvalue weighted by Crippen LogP contribution is 2.30. The number of nitrogen functional groups attached to an aromatic ring is 1. The highest BCUT2D eigenvalue weighted by Gasteiger charge is 2.17. The van der Waals surface area contributed by atoms with Gasteiger partial charge in [0.1, 0.15) is 5.75 Å². The number of hydrogen-bond donors (Lipinski definition) is 2. The number of carbonyl (C=O) groups is 1. The number of carbonyl (C=O) groups excluding carboxylic acids is 1. The third kappa shape index (κ3) is 2.85. The highest BCUT2D eigenvalue weighted by atomic mass is 32.1. The van der Waals surface area contributed by atoms with E-state index in [0.717, 1.165) is 18.5 Å². The predicted molar refractivity (Wildman–Crippen MR) is 84.1 cm³/mol. The molecule has 3 rings (SSSR count). The zero-order chi connectivity index (χ0) is 14.8. The first-order valence-electron chi connectivity index (χ1n) is 6.91. The van der Waals surface area contributed by atoms with E-state index in [4.69, 9.17) is 10.5 Å². The number of aromatic nitrogens is 1. The Labute approximate surface area is 127 Å². The number of aryl methyl sites for hydroxylation is 2. The van der Waals surface area contributed by atoms with Gasteiger partial charge in [0.15, 0.2) is 5.13 Å². The molecule has 0 saturated heterocycles. The smallest absolute Gasteiger partial charge is 0.259 e. The number of ether oxygens (including phenoxy) is 1. The molecule has 0 saturated carbocycles. The quantitative estimate of drug-likeness (QED) is 0.855. The van der Waals surface area contributed by atoms with Gasteiger partial charge in [-0.3, -0.25) is 10.1 Å². The summed E-state index contributed by atoms with van der Waals surface area (Å²) in [4.78, 5) is 18.1. The zero-order valence-electron chi connectivity index (χ0n) is 11.8. The molecule has 110 valence electrons. The van der Waals surface area contributed by atoms with Crippen LogP contribution in [-0.2, 0) is 12.8 Å². The molecule has 5 nitrogen and oxygen atoms in total. The van der Waals surface area contributed by atoms with Crippen LogP contribution in [0.3, 0.4) is 0 Å². The van der Waals surface area contributed by atoms with Gasteiger partial charge in [0.05, 0.1) is 18.4 Å². The molecule has 1 aromatic carbocycles. The van der Waals surface area contributed by atoms with Crippen LogP contribution >= 0.6 is 11.3 Å². The number of nitrogens with zero attached hydrogens (tertiary/aromatic N) is 1. The third-order valence-electron chi connectivity index (χ3n) is 3.57. The molecule has 2 aromatic rings. The number of thiazole rings is 1. The zero-order valence-corrected chi connectivity index (χ0v) is 12.6. The molecule has 1 amide bonds. The predicted octanol–water partition coefficient (Wildman–Crippen LogP) is 2.87. The Bertz CT molecular complexity index is 658. The van der Waals surface area contributed by atoms with E-state index >= 15 is 0 Å². The fraction of sp³-hybridized carbons (Fsp3) is 0.333. The molecule has 1 aromatic heterocycles. The van der Waals surface area contributed by atoms with E-state index in [2.05, 4.69) is 10.3 Å². The number of methoxy groups -OCH3 is 1. The van der Waals surface area contributed by atoms with Gasteiger partial charge in [0.2, 0.25) is 0 Å². The number of benzene rings is 1. The van der Waals surface area contributed by atoms with Crippen molar-refractivity contribution in [1.29, 1.82) is 0 Å². The lowest BCUT2D eigenvalue weighted by Gasteiger charge is -2.07. The Kier molecular flexibility index (Phi) is 3.79. The van der Waals surface area contributed by atoms with Gasteiger partial charge in [-0.1, -0.05) is 0 Å². The second kappa shape index (κ2) is 5.73. The minimum absolute atomic E-state index is 0.235. The van der Waals surface area contributed by atoms with Gasteiger partial charge in [0.25, 0.3) is 5.91 Å². The van der Waals surface area contributed by atoms with Crippen molar-refractivity contribution in [3.05, 3.63) is 34.3 Å². The van der Waals surface area contributed by atoms with Crippen LogP contribution < -0.4 is 15.8 Å². The van der Waals surface area contributed by atoms with Crippen LogP contribution in [0.4, 0.5) is 10.8 Å². The van der Waals surface area contributed by atoms with Crippen LogP contribution in [0.25, 0.3) is 0 Å². The number of hydrogen-bond acceptors (Lipinski definition) is 5. The van der Waals surface area contributed by atoms with Crippen molar-refractivity contribution in [3.63, 3.8) is 0 Å². The summed E-state index contributed by atoms with van der Waals surface area (Å²) in [6.45, 7) is 0. The van der Waals surface area contributed by atoms with E-state index in [1.54, 1.807) is 36.6 Å². The maximum Gasteiger partial charge on any atom is 0.259 e. The molecule has 0 fully saturated rings. The summed E-state index contributed by atoms with van der Waals surface area (Å²) in [5.41, 5.74) is 7.85. The highest BCUT2D eigenvalue weighted by molar-refractivity contribution is 7.15. The van der Waals surface area contributed by atoms with Crippen molar-refractivity contribution < 1.29 is 9.53 Å². The number of amides is 1. The molecule has 6 heteroatoms. The minimum Gasteiger partial charge on any atom is -0.497 e. The van der Waals surface area contributed by atoms with Crippen LogP contribution in [0.15, 0.2) is 18.2 Å². The summed E-state index contributed by atoms with van der Waals surface area (Å²) in [6.07, 6.45) is 4.45. The molecule has 1 aliphatic rings. The van der Waals surface area contributed by atoms with Crippen molar-refractivity contribution in [2.45, 2.75) is 25.7 Å². The lowest BCUT2D eigenvalue weighted by molar-refractivity contribution is 0.102. The van der Waals surface area contributed by atoms with Crippen molar-refractivity contribution in [3.8, 4) is 5.75 Å². The summed E-state index contributed by atoms with van der Waals surface area (Å²) >= 11 is 1.56. The van der Waals surface area contributed by atoms with Crippen molar-refractivity contribution >= 4 is 28.1 Å². The largest absolute Gasteiger partial charge is 0.497 e. The summed E-state index contributed by atoms with van der Waals surface area (Å²) in [5.74, 6) is 0.398. The Morgan fingerprint density at radius 2 is 2.19 bits per heavy atom. The first kappa shape index (κ1) is 13.9. The van der Waals surface area contributed by atoms with Crippen LogP contribution in [0.2, 0.25) is 0 Å². The number of fused-ring (bicyclic) bond motifs is 1. The molecular weight excluding hydrogens is 286 g/mol. The van der Waals surface area contributed by atoms with E-state index in [1.165, 1.54) is 17.7 Å². The number of nitrogens with one attached hydrogen (secondary N) is 1. The lowest BCUT2D eigenvalue weighted by atomic mass is 10.0. The van der Waals surface area contributed by atoms with Crippen molar-refractivity contribution in [2.24, 2.45) is 0 Å². The van der Waals surface area contributed by atoms with E-state index in [-0.39, 0.29) is 5.91 Å². The number of nitrogens with two attached hydrogens (primary N) is 1. The standard InChI is InChI=1S/C15H17N3O2S/c1-20-9-6-7-10(11(16)8-9)14(19)18-15-17-12-4-2-3-5-13(12)21-15/h6-8H,2-5,16H2,1H3,(H,17,18,19). The Balaban J connectivity index is 1.78. The summed E-state index contributed by atoms with van der Waals surface area (Å²) < 4.78 is 5.08. The fourth-order valence-electron chi connectivity index (χ4n) is 2.44. The number of rotatable bonds is 3. The van der Waals surface area contributed by atoms with E-state index in [0.29, 0.717) is 22.1 Å². The van der Waals surface area contributed by atoms with Gasteiger partial charge in [-0.15, -0.1) is 11.3 Å². The Hall–Kier alpha value is -2.08.